The summed E-state index contributed by atoms with van der Waals surface area (Å²) in [6.45, 7) is 1.28. The molecule has 0 spiro atoms. The second-order valence-electron chi connectivity index (χ2n) is 5.82. The summed E-state index contributed by atoms with van der Waals surface area (Å²) in [6.07, 6.45) is -5.73. The van der Waals surface area contributed by atoms with Crippen LogP contribution in [0.25, 0.3) is 11.0 Å². The van der Waals surface area contributed by atoms with E-state index in [1.807, 2.05) is 35.3 Å². The zero-order chi connectivity index (χ0) is 19.5. The molecule has 9 heteroatoms. The Labute approximate surface area is 151 Å². The second-order valence-corrected chi connectivity index (χ2v) is 5.82. The number of nitrogens with one attached hydrogen (secondary N) is 2. The van der Waals surface area contributed by atoms with Gasteiger partial charge in [-0.25, -0.2) is 4.98 Å². The fourth-order valence-electron chi connectivity index (χ4n) is 2.47. The van der Waals surface area contributed by atoms with E-state index in [1.54, 1.807) is 0 Å². The van der Waals surface area contributed by atoms with Gasteiger partial charge in [0.2, 0.25) is 0 Å². The van der Waals surface area contributed by atoms with Gasteiger partial charge in [0.05, 0.1) is 5.52 Å². The van der Waals surface area contributed by atoms with Crippen LogP contribution < -0.4 is 10.1 Å². The highest BCUT2D eigenvalue weighted by Crippen LogP contribution is 2.43. The van der Waals surface area contributed by atoms with Crippen LogP contribution in [-0.2, 0) is 12.5 Å². The molecule has 0 fully saturated rings. The lowest BCUT2D eigenvalue weighted by atomic mass is 10.2. The zero-order valence-electron chi connectivity index (χ0n) is 14.0. The lowest BCUT2D eigenvalue weighted by molar-refractivity contribution is -0.292. The lowest BCUT2D eigenvalue weighted by Crippen LogP contribution is -2.34. The van der Waals surface area contributed by atoms with Gasteiger partial charge in [0, 0.05) is 13.1 Å². The number of aromatic amines is 1. The van der Waals surface area contributed by atoms with Crippen LogP contribution in [0.5, 0.6) is 5.75 Å². The lowest BCUT2D eigenvalue weighted by Gasteiger charge is -2.16. The number of ether oxygens (including phenoxy) is 1. The van der Waals surface area contributed by atoms with Crippen molar-refractivity contribution in [1.82, 2.24) is 15.3 Å². The van der Waals surface area contributed by atoms with E-state index in [-0.39, 0.29) is 23.4 Å². The van der Waals surface area contributed by atoms with Crippen LogP contribution in [0.2, 0.25) is 0 Å². The Hall–Kier alpha value is -2.68. The summed E-state index contributed by atoms with van der Waals surface area (Å²) in [5.74, 6) is -6.39. The van der Waals surface area contributed by atoms with Gasteiger partial charge in [-0.1, -0.05) is 36.4 Å². The molecule has 0 radical (unpaired) electrons. The van der Waals surface area contributed by atoms with Crippen molar-refractivity contribution in [2.75, 3.05) is 13.2 Å². The Balaban J connectivity index is 1.65. The molecule has 0 saturated carbocycles. The molecule has 0 aliphatic carbocycles. The highest BCUT2D eigenvalue weighted by molar-refractivity contribution is 5.81. The standard InChI is InChI=1S/C18H16F5N3O/c19-17(20,18(21,22)23)16-25-13-7-4-8-14(15(13)26-16)27-10-9-24-11-12-5-2-1-3-6-12/h1-8,24H,9-11H2,(H,25,26). The maximum absolute atomic E-state index is 13.5. The Morgan fingerprint density at radius 1 is 0.963 bits per heavy atom. The van der Waals surface area contributed by atoms with Crippen molar-refractivity contribution in [3.05, 3.63) is 59.9 Å². The number of H-pyrrole nitrogens is 1. The van der Waals surface area contributed by atoms with Crippen LogP contribution in [0, 0.1) is 0 Å². The fraction of sp³-hybridized carbons (Fsp3) is 0.278. The van der Waals surface area contributed by atoms with Gasteiger partial charge in [0.1, 0.15) is 17.9 Å². The number of benzene rings is 2. The number of halogens is 5. The van der Waals surface area contributed by atoms with Crippen molar-refractivity contribution >= 4 is 11.0 Å². The number of imidazole rings is 1. The van der Waals surface area contributed by atoms with Gasteiger partial charge in [-0.2, -0.15) is 22.0 Å². The number of para-hydroxylation sites is 1. The van der Waals surface area contributed by atoms with Crippen LogP contribution in [-0.4, -0.2) is 29.3 Å². The molecule has 3 aromatic rings. The highest BCUT2D eigenvalue weighted by atomic mass is 19.4. The molecule has 0 bridgehead atoms. The van der Waals surface area contributed by atoms with Gasteiger partial charge in [-0.3, -0.25) is 0 Å². The van der Waals surface area contributed by atoms with Crippen LogP contribution in [0.3, 0.4) is 0 Å². The Morgan fingerprint density at radius 3 is 2.41 bits per heavy atom. The molecular formula is C18H16F5N3O. The number of fused-ring (bicyclic) bond motifs is 1. The topological polar surface area (TPSA) is 49.9 Å². The summed E-state index contributed by atoms with van der Waals surface area (Å²) in [4.78, 5) is 5.46. The molecular weight excluding hydrogens is 369 g/mol. The number of nitrogens with zero attached hydrogens (tertiary/aromatic N) is 1. The van der Waals surface area contributed by atoms with E-state index >= 15 is 0 Å². The van der Waals surface area contributed by atoms with Crippen molar-refractivity contribution in [3.63, 3.8) is 0 Å². The summed E-state index contributed by atoms with van der Waals surface area (Å²) in [6, 6.07) is 14.0. The average molecular weight is 385 g/mol. The third kappa shape index (κ3) is 4.19. The van der Waals surface area contributed by atoms with E-state index < -0.39 is 17.9 Å². The van der Waals surface area contributed by atoms with Crippen molar-refractivity contribution in [2.24, 2.45) is 0 Å². The summed E-state index contributed by atoms with van der Waals surface area (Å²) in [7, 11) is 0. The molecule has 0 saturated heterocycles. The molecule has 144 valence electrons. The van der Waals surface area contributed by atoms with Gasteiger partial charge in [0.25, 0.3) is 0 Å². The molecule has 4 nitrogen and oxygen atoms in total. The van der Waals surface area contributed by atoms with E-state index in [2.05, 4.69) is 10.3 Å². The van der Waals surface area contributed by atoms with Crippen LogP contribution >= 0.6 is 0 Å². The number of aromatic nitrogens is 2. The molecule has 0 aliphatic rings. The van der Waals surface area contributed by atoms with Gasteiger partial charge in [-0.05, 0) is 17.7 Å². The minimum absolute atomic E-state index is 0.0451. The second kappa shape index (κ2) is 7.51. The van der Waals surface area contributed by atoms with Gasteiger partial charge in [0.15, 0.2) is 5.82 Å². The summed E-state index contributed by atoms with van der Waals surface area (Å²) < 4.78 is 70.0. The summed E-state index contributed by atoms with van der Waals surface area (Å²) >= 11 is 0. The molecule has 0 unspecified atom stereocenters. The number of rotatable bonds is 7. The van der Waals surface area contributed by atoms with E-state index in [4.69, 9.17) is 4.74 Å². The summed E-state index contributed by atoms with van der Waals surface area (Å²) in [5, 5.41) is 3.15. The summed E-state index contributed by atoms with van der Waals surface area (Å²) in [5.41, 5.74) is 1.06. The molecule has 0 atom stereocenters. The maximum Gasteiger partial charge on any atom is 0.461 e. The third-order valence-electron chi connectivity index (χ3n) is 3.84. The van der Waals surface area contributed by atoms with Crippen LogP contribution in [0.15, 0.2) is 48.5 Å². The number of hydrogen-bond donors (Lipinski definition) is 2. The fourth-order valence-corrected chi connectivity index (χ4v) is 2.47. The van der Waals surface area contributed by atoms with Crippen molar-refractivity contribution in [2.45, 2.75) is 18.6 Å². The number of alkyl halides is 5. The largest absolute Gasteiger partial charge is 0.490 e. The van der Waals surface area contributed by atoms with Gasteiger partial charge >= 0.3 is 12.1 Å². The highest BCUT2D eigenvalue weighted by Gasteiger charge is 2.61. The predicted octanol–water partition coefficient (Wildman–Crippen LogP) is 4.39. The molecule has 0 amide bonds. The normalized spacial score (nSPS) is 12.5. The Morgan fingerprint density at radius 2 is 1.70 bits per heavy atom. The van der Waals surface area contributed by atoms with Gasteiger partial charge < -0.3 is 15.0 Å². The van der Waals surface area contributed by atoms with E-state index in [0.717, 1.165) is 5.56 Å². The first-order valence-corrected chi connectivity index (χ1v) is 8.10. The average Bonchev–Trinajstić information content (AvgIpc) is 3.07. The SMILES string of the molecule is FC(F)(F)C(F)(F)c1nc2c(OCCNCc3ccccc3)cccc2[nH]1. The maximum atomic E-state index is 13.5. The number of hydrogen-bond acceptors (Lipinski definition) is 3. The minimum atomic E-state index is -5.73. The first kappa shape index (κ1) is 19.1. The van der Waals surface area contributed by atoms with E-state index in [0.29, 0.717) is 13.1 Å². The zero-order valence-corrected chi connectivity index (χ0v) is 14.0. The van der Waals surface area contributed by atoms with Crippen molar-refractivity contribution < 1.29 is 26.7 Å². The molecule has 27 heavy (non-hydrogen) atoms. The van der Waals surface area contributed by atoms with Gasteiger partial charge in [-0.15, -0.1) is 0 Å². The monoisotopic (exact) mass is 385 g/mol. The van der Waals surface area contributed by atoms with E-state index in [1.165, 1.54) is 18.2 Å². The molecule has 2 aromatic carbocycles. The van der Waals surface area contributed by atoms with E-state index in [9.17, 15) is 22.0 Å². The molecule has 0 aliphatic heterocycles. The van der Waals surface area contributed by atoms with Crippen LogP contribution in [0.4, 0.5) is 22.0 Å². The van der Waals surface area contributed by atoms with Crippen molar-refractivity contribution in [3.8, 4) is 5.75 Å². The molecule has 1 aromatic heterocycles. The first-order chi connectivity index (χ1) is 12.8. The molecule has 1 heterocycles. The molecule has 2 N–H and O–H groups in total. The minimum Gasteiger partial charge on any atom is -0.490 e. The van der Waals surface area contributed by atoms with Crippen molar-refractivity contribution in [1.29, 1.82) is 0 Å². The third-order valence-corrected chi connectivity index (χ3v) is 3.84. The quantitative estimate of drug-likeness (QED) is 0.469. The molecule has 3 rings (SSSR count). The Kier molecular flexibility index (Phi) is 5.31. The Bertz CT molecular complexity index is 893. The smallest absolute Gasteiger partial charge is 0.461 e. The van der Waals surface area contributed by atoms with Crippen LogP contribution in [0.1, 0.15) is 11.4 Å². The first-order valence-electron chi connectivity index (χ1n) is 8.10. The predicted molar refractivity (Wildman–Crippen MR) is 89.7 cm³/mol.